The largest absolute Gasteiger partial charge is 0.396 e. The summed E-state index contributed by atoms with van der Waals surface area (Å²) in [5.41, 5.74) is 5.66. The third-order valence-corrected chi connectivity index (χ3v) is 3.46. The van der Waals surface area contributed by atoms with Crippen LogP contribution in [-0.4, -0.2) is 42.8 Å². The van der Waals surface area contributed by atoms with E-state index in [0.717, 1.165) is 5.92 Å². The molecule has 1 unspecified atom stereocenters. The van der Waals surface area contributed by atoms with Crippen molar-refractivity contribution in [2.45, 2.75) is 26.7 Å². The Hall–Kier alpha value is -0.120. The average Bonchev–Trinajstić information content (AvgIpc) is 2.21. The Bertz CT molecular complexity index is 161. The van der Waals surface area contributed by atoms with Crippen molar-refractivity contribution >= 4 is 0 Å². The molecule has 1 saturated heterocycles. The highest BCUT2D eigenvalue weighted by molar-refractivity contribution is 4.78. The highest BCUT2D eigenvalue weighted by Gasteiger charge is 2.25. The summed E-state index contributed by atoms with van der Waals surface area (Å²) in [6.07, 6.45) is 2.41. The standard InChI is InChI=1S/C12H26N2O/c1-10(2)8-14-5-3-11(4-6-14)12(7-13)9-15/h10-12,15H,3-9,13H2,1-2H3. The predicted octanol–water partition coefficient (Wildman–Crippen LogP) is 0.922. The number of aliphatic hydroxyl groups excluding tert-OH is 1. The first-order valence-electron chi connectivity index (χ1n) is 6.20. The second kappa shape index (κ2) is 6.46. The van der Waals surface area contributed by atoms with E-state index in [4.69, 9.17) is 5.73 Å². The molecule has 0 aromatic carbocycles. The van der Waals surface area contributed by atoms with Crippen molar-refractivity contribution in [3.8, 4) is 0 Å². The van der Waals surface area contributed by atoms with Gasteiger partial charge in [0.1, 0.15) is 0 Å². The lowest BCUT2D eigenvalue weighted by Crippen LogP contribution is -2.40. The lowest BCUT2D eigenvalue weighted by Gasteiger charge is -2.35. The molecule has 3 N–H and O–H groups in total. The molecule has 1 heterocycles. The van der Waals surface area contributed by atoms with Crippen LogP contribution in [0, 0.1) is 17.8 Å². The zero-order valence-corrected chi connectivity index (χ0v) is 10.2. The van der Waals surface area contributed by atoms with Crippen LogP contribution in [-0.2, 0) is 0 Å². The maximum absolute atomic E-state index is 9.20. The first-order chi connectivity index (χ1) is 7.17. The first-order valence-corrected chi connectivity index (χ1v) is 6.20. The number of likely N-dealkylation sites (tertiary alicyclic amines) is 1. The summed E-state index contributed by atoms with van der Waals surface area (Å²) >= 11 is 0. The smallest absolute Gasteiger partial charge is 0.0474 e. The van der Waals surface area contributed by atoms with Crippen LogP contribution in [0.4, 0.5) is 0 Å². The van der Waals surface area contributed by atoms with Gasteiger partial charge in [0.15, 0.2) is 0 Å². The van der Waals surface area contributed by atoms with E-state index in [1.54, 1.807) is 0 Å². The van der Waals surface area contributed by atoms with Crippen LogP contribution in [0.3, 0.4) is 0 Å². The molecule has 1 rings (SSSR count). The fourth-order valence-electron chi connectivity index (χ4n) is 2.54. The Morgan fingerprint density at radius 3 is 2.33 bits per heavy atom. The maximum Gasteiger partial charge on any atom is 0.0474 e. The van der Waals surface area contributed by atoms with E-state index >= 15 is 0 Å². The number of aliphatic hydroxyl groups is 1. The van der Waals surface area contributed by atoms with Crippen molar-refractivity contribution < 1.29 is 5.11 Å². The second-order valence-corrected chi connectivity index (χ2v) is 5.21. The average molecular weight is 214 g/mol. The minimum absolute atomic E-state index is 0.255. The van der Waals surface area contributed by atoms with Crippen molar-refractivity contribution in [3.05, 3.63) is 0 Å². The van der Waals surface area contributed by atoms with Gasteiger partial charge in [-0.05, 0) is 50.2 Å². The molecule has 1 aliphatic rings. The monoisotopic (exact) mass is 214 g/mol. The molecule has 3 heteroatoms. The summed E-state index contributed by atoms with van der Waals surface area (Å²) in [6.45, 7) is 8.99. The summed E-state index contributed by atoms with van der Waals surface area (Å²) in [5, 5.41) is 9.20. The SMILES string of the molecule is CC(C)CN1CCC(C(CN)CO)CC1. The van der Waals surface area contributed by atoms with Crippen LogP contribution in [0.25, 0.3) is 0 Å². The molecule has 0 radical (unpaired) electrons. The molecule has 0 saturated carbocycles. The number of hydrogen-bond donors (Lipinski definition) is 2. The lowest BCUT2D eigenvalue weighted by molar-refractivity contribution is 0.104. The molecule has 0 aromatic rings. The van der Waals surface area contributed by atoms with Crippen LogP contribution in [0.2, 0.25) is 0 Å². The molecular weight excluding hydrogens is 188 g/mol. The Kier molecular flexibility index (Phi) is 5.58. The number of piperidine rings is 1. The van der Waals surface area contributed by atoms with Gasteiger partial charge < -0.3 is 15.7 Å². The Labute approximate surface area is 93.6 Å². The Balaban J connectivity index is 2.28. The number of rotatable bonds is 5. The second-order valence-electron chi connectivity index (χ2n) is 5.21. The van der Waals surface area contributed by atoms with Gasteiger partial charge >= 0.3 is 0 Å². The molecule has 0 aliphatic carbocycles. The molecule has 3 nitrogen and oxygen atoms in total. The van der Waals surface area contributed by atoms with E-state index < -0.39 is 0 Å². The van der Waals surface area contributed by atoms with Crippen molar-refractivity contribution in [3.63, 3.8) is 0 Å². The third kappa shape index (κ3) is 4.09. The van der Waals surface area contributed by atoms with Gasteiger partial charge in [-0.1, -0.05) is 13.8 Å². The molecule has 0 spiro atoms. The third-order valence-electron chi connectivity index (χ3n) is 3.46. The molecule has 90 valence electrons. The highest BCUT2D eigenvalue weighted by atomic mass is 16.3. The fourth-order valence-corrected chi connectivity index (χ4v) is 2.54. The highest BCUT2D eigenvalue weighted by Crippen LogP contribution is 2.24. The number of nitrogens with two attached hydrogens (primary N) is 1. The zero-order valence-electron chi connectivity index (χ0n) is 10.2. The summed E-state index contributed by atoms with van der Waals surface area (Å²) in [7, 11) is 0. The molecule has 1 aliphatic heterocycles. The van der Waals surface area contributed by atoms with Crippen LogP contribution >= 0.6 is 0 Å². The van der Waals surface area contributed by atoms with Gasteiger partial charge in [-0.2, -0.15) is 0 Å². The molecular formula is C12H26N2O. The normalized spacial score (nSPS) is 22.2. The van der Waals surface area contributed by atoms with Crippen molar-refractivity contribution in [2.24, 2.45) is 23.5 Å². The van der Waals surface area contributed by atoms with Crippen LogP contribution in [0.15, 0.2) is 0 Å². The van der Waals surface area contributed by atoms with E-state index in [-0.39, 0.29) is 6.61 Å². The lowest BCUT2D eigenvalue weighted by atomic mass is 9.84. The van der Waals surface area contributed by atoms with Crippen molar-refractivity contribution in [2.75, 3.05) is 32.8 Å². The zero-order chi connectivity index (χ0) is 11.3. The molecule has 0 amide bonds. The maximum atomic E-state index is 9.20. The van der Waals surface area contributed by atoms with Gasteiger partial charge in [0, 0.05) is 13.2 Å². The number of hydrogen-bond acceptors (Lipinski definition) is 3. The molecule has 1 atom stereocenters. The van der Waals surface area contributed by atoms with Crippen LogP contribution in [0.5, 0.6) is 0 Å². The summed E-state index contributed by atoms with van der Waals surface area (Å²) in [5.74, 6) is 1.72. The van der Waals surface area contributed by atoms with Crippen molar-refractivity contribution in [1.82, 2.24) is 4.90 Å². The van der Waals surface area contributed by atoms with E-state index in [9.17, 15) is 5.11 Å². The van der Waals surface area contributed by atoms with Gasteiger partial charge in [0.25, 0.3) is 0 Å². The molecule has 15 heavy (non-hydrogen) atoms. The van der Waals surface area contributed by atoms with Crippen LogP contribution < -0.4 is 5.73 Å². The van der Waals surface area contributed by atoms with Crippen molar-refractivity contribution in [1.29, 1.82) is 0 Å². The van der Waals surface area contributed by atoms with E-state index in [2.05, 4.69) is 18.7 Å². The first kappa shape index (κ1) is 12.9. The fraction of sp³-hybridized carbons (Fsp3) is 1.00. The van der Waals surface area contributed by atoms with E-state index in [1.807, 2.05) is 0 Å². The van der Waals surface area contributed by atoms with E-state index in [1.165, 1.54) is 32.5 Å². The number of nitrogens with zero attached hydrogens (tertiary/aromatic N) is 1. The minimum atomic E-state index is 0.255. The predicted molar refractivity (Wildman–Crippen MR) is 63.6 cm³/mol. The van der Waals surface area contributed by atoms with Gasteiger partial charge in [-0.25, -0.2) is 0 Å². The molecule has 1 fully saturated rings. The topological polar surface area (TPSA) is 49.5 Å². The summed E-state index contributed by atoms with van der Waals surface area (Å²) in [4.78, 5) is 2.53. The molecule has 0 bridgehead atoms. The van der Waals surface area contributed by atoms with Gasteiger partial charge in [0.05, 0.1) is 0 Å². The van der Waals surface area contributed by atoms with Gasteiger partial charge in [-0.3, -0.25) is 0 Å². The quantitative estimate of drug-likeness (QED) is 0.715. The minimum Gasteiger partial charge on any atom is -0.396 e. The summed E-state index contributed by atoms with van der Waals surface area (Å²) < 4.78 is 0. The Morgan fingerprint density at radius 1 is 1.33 bits per heavy atom. The van der Waals surface area contributed by atoms with Gasteiger partial charge in [0.2, 0.25) is 0 Å². The summed E-state index contributed by atoms with van der Waals surface area (Å²) in [6, 6.07) is 0. The van der Waals surface area contributed by atoms with Crippen LogP contribution in [0.1, 0.15) is 26.7 Å². The Morgan fingerprint density at radius 2 is 1.93 bits per heavy atom. The molecule has 0 aromatic heterocycles. The van der Waals surface area contributed by atoms with Gasteiger partial charge in [-0.15, -0.1) is 0 Å². The van der Waals surface area contributed by atoms with E-state index in [0.29, 0.717) is 18.4 Å².